The Morgan fingerprint density at radius 3 is 2.41 bits per heavy atom. The number of hydrogen-bond donors (Lipinski definition) is 2. The third-order valence-corrected chi connectivity index (χ3v) is 3.93. The third kappa shape index (κ3) is 4.56. The number of nitrogens with zero attached hydrogens (tertiary/aromatic N) is 3. The smallest absolute Gasteiger partial charge is 0.374 e. The predicted molar refractivity (Wildman–Crippen MR) is 104 cm³/mol. The average Bonchev–Trinajstić information content (AvgIpc) is 2.72. The lowest BCUT2D eigenvalue weighted by Gasteiger charge is -2.11. The summed E-state index contributed by atoms with van der Waals surface area (Å²) in [5, 5.41) is 11.6. The van der Waals surface area contributed by atoms with Crippen molar-refractivity contribution in [1.82, 2.24) is 15.4 Å². The first-order valence-electron chi connectivity index (χ1n) is 8.43. The molecule has 0 saturated heterocycles. The highest BCUT2D eigenvalue weighted by molar-refractivity contribution is 5.96. The zero-order valence-corrected chi connectivity index (χ0v) is 15.6. The number of nitrogens with one attached hydrogen (secondary N) is 2. The van der Waals surface area contributed by atoms with Gasteiger partial charge in [-0.1, -0.05) is 18.2 Å². The highest BCUT2D eigenvalue weighted by atomic mass is 16.6. The number of amides is 1. The number of aryl methyl sites for hydroxylation is 1. The molecule has 0 bridgehead atoms. The zero-order chi connectivity index (χ0) is 20.8. The summed E-state index contributed by atoms with van der Waals surface area (Å²) in [6, 6.07) is 13.4. The van der Waals surface area contributed by atoms with Crippen LogP contribution in [0.15, 0.2) is 54.9 Å². The second-order valence-corrected chi connectivity index (χ2v) is 5.80. The Morgan fingerprint density at radius 1 is 1.07 bits per heavy atom. The average molecular weight is 395 g/mol. The number of aromatic nitrogens is 2. The van der Waals surface area contributed by atoms with Crippen molar-refractivity contribution in [1.29, 1.82) is 0 Å². The number of hydrazine groups is 1. The molecule has 0 atom stereocenters. The maximum absolute atomic E-state index is 12.3. The number of rotatable bonds is 7. The van der Waals surface area contributed by atoms with Crippen LogP contribution in [0.5, 0.6) is 17.4 Å². The Kier molecular flexibility index (Phi) is 5.83. The van der Waals surface area contributed by atoms with Gasteiger partial charge in [-0.05, 0) is 42.8 Å². The van der Waals surface area contributed by atoms with Crippen molar-refractivity contribution in [3.63, 3.8) is 0 Å². The number of methoxy groups -OCH3 is 1. The maximum atomic E-state index is 12.3. The minimum Gasteiger partial charge on any atom is -0.497 e. The normalized spacial score (nSPS) is 10.1. The Balaban J connectivity index is 1.82. The quantitative estimate of drug-likeness (QED) is 0.461. The topological polar surface area (TPSA) is 129 Å². The van der Waals surface area contributed by atoms with Crippen LogP contribution in [-0.2, 0) is 0 Å². The molecular formula is C19H17N5O5. The van der Waals surface area contributed by atoms with Crippen molar-refractivity contribution >= 4 is 17.4 Å². The molecule has 1 amide bonds. The van der Waals surface area contributed by atoms with Gasteiger partial charge in [-0.2, -0.15) is 4.98 Å². The van der Waals surface area contributed by atoms with Gasteiger partial charge in [0, 0.05) is 5.56 Å². The standard InChI is InChI=1S/C19H17N5O5/c1-12-5-3-4-6-15(12)18(25)23-22-17-16(24(26)27)19(21-11-20-17)29-14-9-7-13(28-2)8-10-14/h3-11H,1-2H3,(H,23,25)(H,20,21,22). The molecule has 148 valence electrons. The highest BCUT2D eigenvalue weighted by Crippen LogP contribution is 2.34. The van der Waals surface area contributed by atoms with Gasteiger partial charge in [0.2, 0.25) is 5.82 Å². The first-order valence-corrected chi connectivity index (χ1v) is 8.43. The van der Waals surface area contributed by atoms with Crippen molar-refractivity contribution in [3.8, 4) is 17.4 Å². The van der Waals surface area contributed by atoms with Gasteiger partial charge in [-0.15, -0.1) is 0 Å². The molecule has 1 aromatic heterocycles. The SMILES string of the molecule is COc1ccc(Oc2ncnc(NNC(=O)c3ccccc3C)c2[N+](=O)[O-])cc1. The van der Waals surface area contributed by atoms with Crippen molar-refractivity contribution in [2.45, 2.75) is 6.92 Å². The Hall–Kier alpha value is -4.21. The van der Waals surface area contributed by atoms with Gasteiger partial charge >= 0.3 is 11.6 Å². The first-order chi connectivity index (χ1) is 14.0. The van der Waals surface area contributed by atoms with E-state index in [0.717, 1.165) is 11.9 Å². The van der Waals surface area contributed by atoms with E-state index in [-0.39, 0.29) is 11.7 Å². The molecule has 0 spiro atoms. The van der Waals surface area contributed by atoms with E-state index in [1.54, 1.807) is 55.5 Å². The first kappa shape index (κ1) is 19.5. The van der Waals surface area contributed by atoms with Crippen LogP contribution in [0.3, 0.4) is 0 Å². The molecule has 0 aliphatic rings. The second-order valence-electron chi connectivity index (χ2n) is 5.80. The van der Waals surface area contributed by atoms with Crippen LogP contribution in [-0.4, -0.2) is 27.9 Å². The lowest BCUT2D eigenvalue weighted by Crippen LogP contribution is -2.30. The van der Waals surface area contributed by atoms with E-state index in [9.17, 15) is 14.9 Å². The molecule has 10 heteroatoms. The minimum atomic E-state index is -0.693. The van der Waals surface area contributed by atoms with E-state index in [2.05, 4.69) is 20.8 Å². The van der Waals surface area contributed by atoms with Crippen LogP contribution in [0, 0.1) is 17.0 Å². The minimum absolute atomic E-state index is 0.213. The molecule has 3 rings (SSSR count). The summed E-state index contributed by atoms with van der Waals surface area (Å²) in [4.78, 5) is 30.9. The van der Waals surface area contributed by atoms with Gasteiger partial charge in [-0.3, -0.25) is 25.8 Å². The van der Waals surface area contributed by atoms with Crippen LogP contribution < -0.4 is 20.3 Å². The molecule has 0 saturated carbocycles. The number of carbonyl (C=O) groups is 1. The van der Waals surface area contributed by atoms with E-state index in [1.807, 2.05) is 0 Å². The molecule has 0 radical (unpaired) electrons. The van der Waals surface area contributed by atoms with Crippen molar-refractivity contribution in [2.24, 2.45) is 0 Å². The lowest BCUT2D eigenvalue weighted by molar-refractivity contribution is -0.385. The molecule has 10 nitrogen and oxygen atoms in total. The molecule has 1 heterocycles. The summed E-state index contributed by atoms with van der Waals surface area (Å²) in [6.07, 6.45) is 1.09. The summed E-state index contributed by atoms with van der Waals surface area (Å²) in [5.74, 6) is -0.0230. The fraction of sp³-hybridized carbons (Fsp3) is 0.105. The summed E-state index contributed by atoms with van der Waals surface area (Å²) in [7, 11) is 1.52. The summed E-state index contributed by atoms with van der Waals surface area (Å²) >= 11 is 0. The largest absolute Gasteiger partial charge is 0.497 e. The molecule has 0 aliphatic carbocycles. The summed E-state index contributed by atoms with van der Waals surface area (Å²) < 4.78 is 10.6. The van der Waals surface area contributed by atoms with E-state index >= 15 is 0 Å². The van der Waals surface area contributed by atoms with Crippen molar-refractivity contribution in [3.05, 3.63) is 76.1 Å². The summed E-state index contributed by atoms with van der Waals surface area (Å²) in [6.45, 7) is 1.78. The highest BCUT2D eigenvalue weighted by Gasteiger charge is 2.25. The fourth-order valence-electron chi connectivity index (χ4n) is 2.46. The zero-order valence-electron chi connectivity index (χ0n) is 15.6. The van der Waals surface area contributed by atoms with E-state index < -0.39 is 16.5 Å². The van der Waals surface area contributed by atoms with Gasteiger partial charge in [0.25, 0.3) is 5.91 Å². The number of ether oxygens (including phenoxy) is 2. The number of anilines is 1. The number of carbonyl (C=O) groups excluding carboxylic acids is 1. The van der Waals surface area contributed by atoms with Crippen LogP contribution in [0.25, 0.3) is 0 Å². The molecule has 0 unspecified atom stereocenters. The Morgan fingerprint density at radius 2 is 1.76 bits per heavy atom. The van der Waals surface area contributed by atoms with E-state index in [0.29, 0.717) is 17.1 Å². The molecular weight excluding hydrogens is 378 g/mol. The van der Waals surface area contributed by atoms with E-state index in [4.69, 9.17) is 9.47 Å². The number of nitro groups is 1. The Labute approximate surface area is 165 Å². The van der Waals surface area contributed by atoms with Crippen LogP contribution >= 0.6 is 0 Å². The van der Waals surface area contributed by atoms with Crippen LogP contribution in [0.1, 0.15) is 15.9 Å². The monoisotopic (exact) mass is 395 g/mol. The molecule has 2 aromatic carbocycles. The maximum Gasteiger partial charge on any atom is 0.374 e. The second kappa shape index (κ2) is 8.65. The van der Waals surface area contributed by atoms with Gasteiger partial charge in [0.15, 0.2) is 0 Å². The lowest BCUT2D eigenvalue weighted by atomic mass is 10.1. The van der Waals surface area contributed by atoms with Crippen molar-refractivity contribution in [2.75, 3.05) is 12.5 Å². The molecule has 29 heavy (non-hydrogen) atoms. The molecule has 0 fully saturated rings. The van der Waals surface area contributed by atoms with Gasteiger partial charge in [-0.25, -0.2) is 4.98 Å². The van der Waals surface area contributed by atoms with Gasteiger partial charge in [0.1, 0.15) is 17.8 Å². The molecule has 3 aromatic rings. The van der Waals surface area contributed by atoms with Gasteiger partial charge in [0.05, 0.1) is 12.0 Å². The number of benzene rings is 2. The van der Waals surface area contributed by atoms with E-state index in [1.165, 1.54) is 7.11 Å². The predicted octanol–water partition coefficient (Wildman–Crippen LogP) is 3.25. The molecule has 0 aliphatic heterocycles. The fourth-order valence-corrected chi connectivity index (χ4v) is 2.46. The van der Waals surface area contributed by atoms with Crippen LogP contribution in [0.2, 0.25) is 0 Å². The Bertz CT molecular complexity index is 1040. The van der Waals surface area contributed by atoms with Crippen molar-refractivity contribution < 1.29 is 19.2 Å². The van der Waals surface area contributed by atoms with Gasteiger partial charge < -0.3 is 9.47 Å². The molecule has 2 N–H and O–H groups in total. The third-order valence-electron chi connectivity index (χ3n) is 3.93. The summed E-state index contributed by atoms with van der Waals surface area (Å²) in [5.41, 5.74) is 5.53. The van der Waals surface area contributed by atoms with Crippen LogP contribution in [0.4, 0.5) is 11.5 Å². The number of hydrogen-bond acceptors (Lipinski definition) is 8.